The van der Waals surface area contributed by atoms with Gasteiger partial charge in [-0.15, -0.1) is 0 Å². The summed E-state index contributed by atoms with van der Waals surface area (Å²) >= 11 is 0. The number of alkyl halides is 3. The van der Waals surface area contributed by atoms with E-state index in [1.54, 1.807) is 6.92 Å². The van der Waals surface area contributed by atoms with Crippen LogP contribution in [0, 0.1) is 0 Å². The van der Waals surface area contributed by atoms with Gasteiger partial charge in [-0.25, -0.2) is 9.48 Å². The number of halogens is 3. The summed E-state index contributed by atoms with van der Waals surface area (Å²) in [6.45, 7) is 2.24. The lowest BCUT2D eigenvalue weighted by molar-refractivity contribution is -0.149. The minimum absolute atomic E-state index is 0.0777. The van der Waals surface area contributed by atoms with Crippen LogP contribution in [0.4, 0.5) is 13.2 Å². The van der Waals surface area contributed by atoms with Crippen LogP contribution in [0.5, 0.6) is 5.75 Å². The van der Waals surface area contributed by atoms with Crippen LogP contribution in [-0.4, -0.2) is 52.9 Å². The molecule has 1 atom stereocenters. The van der Waals surface area contributed by atoms with Crippen molar-refractivity contribution in [1.29, 1.82) is 0 Å². The largest absolute Gasteiger partial charge is 0.493 e. The normalized spacial score (nSPS) is 17.0. The third-order valence-electron chi connectivity index (χ3n) is 4.86. The van der Waals surface area contributed by atoms with E-state index in [0.717, 1.165) is 29.7 Å². The molecule has 1 aromatic heterocycles. The highest BCUT2D eigenvalue weighted by Crippen LogP contribution is 2.31. The van der Waals surface area contributed by atoms with Crippen LogP contribution < -0.4 is 4.74 Å². The third-order valence-corrected chi connectivity index (χ3v) is 4.86. The molecule has 1 aliphatic rings. The molecular weight excluding hydrogens is 403 g/mol. The van der Waals surface area contributed by atoms with E-state index >= 15 is 0 Å². The third kappa shape index (κ3) is 4.42. The molecule has 2 heterocycles. The van der Waals surface area contributed by atoms with E-state index in [-0.39, 0.29) is 23.7 Å². The van der Waals surface area contributed by atoms with Gasteiger partial charge in [0.25, 0.3) is 5.91 Å². The molecule has 10 heteroatoms. The zero-order chi connectivity index (χ0) is 21.9. The van der Waals surface area contributed by atoms with Crippen LogP contribution in [-0.2, 0) is 15.7 Å². The van der Waals surface area contributed by atoms with E-state index in [0.29, 0.717) is 13.0 Å². The van der Waals surface area contributed by atoms with E-state index < -0.39 is 29.7 Å². The van der Waals surface area contributed by atoms with Crippen molar-refractivity contribution in [2.24, 2.45) is 0 Å². The predicted molar refractivity (Wildman–Crippen MR) is 100 cm³/mol. The summed E-state index contributed by atoms with van der Waals surface area (Å²) in [4.78, 5) is 26.8. The zero-order valence-electron chi connectivity index (χ0n) is 16.6. The van der Waals surface area contributed by atoms with E-state index in [4.69, 9.17) is 9.47 Å². The van der Waals surface area contributed by atoms with Crippen LogP contribution in [0.15, 0.2) is 30.5 Å². The van der Waals surface area contributed by atoms with Gasteiger partial charge in [-0.3, -0.25) is 4.79 Å². The maximum Gasteiger partial charge on any atom is 0.416 e. The Morgan fingerprint density at radius 3 is 2.70 bits per heavy atom. The summed E-state index contributed by atoms with van der Waals surface area (Å²) < 4.78 is 50.5. The minimum Gasteiger partial charge on any atom is -0.493 e. The molecule has 0 saturated carbocycles. The van der Waals surface area contributed by atoms with Gasteiger partial charge in [0.2, 0.25) is 0 Å². The molecule has 2 aromatic rings. The molecule has 30 heavy (non-hydrogen) atoms. The molecule has 0 N–H and O–H groups in total. The van der Waals surface area contributed by atoms with Gasteiger partial charge in [0, 0.05) is 6.54 Å². The number of nitrogens with zero attached hydrogens (tertiary/aromatic N) is 3. The Labute approximate surface area is 171 Å². The van der Waals surface area contributed by atoms with Gasteiger partial charge in [-0.2, -0.15) is 18.3 Å². The number of carbonyl (C=O) groups excluding carboxylic acids is 2. The van der Waals surface area contributed by atoms with Crippen molar-refractivity contribution in [2.75, 3.05) is 20.3 Å². The van der Waals surface area contributed by atoms with E-state index in [9.17, 15) is 22.8 Å². The van der Waals surface area contributed by atoms with Crippen LogP contribution >= 0.6 is 0 Å². The van der Waals surface area contributed by atoms with Crippen LogP contribution in [0.1, 0.15) is 42.2 Å². The SMILES string of the molecule is CCOC(=O)C1CCCCN1C(=O)c1nn(-c2cccc(C(F)(F)F)c2)cc1OC. The summed E-state index contributed by atoms with van der Waals surface area (Å²) in [6, 6.07) is 3.86. The van der Waals surface area contributed by atoms with Crippen LogP contribution in [0.25, 0.3) is 5.69 Å². The van der Waals surface area contributed by atoms with Gasteiger partial charge in [-0.1, -0.05) is 6.07 Å². The van der Waals surface area contributed by atoms with Gasteiger partial charge < -0.3 is 14.4 Å². The average molecular weight is 425 g/mol. The lowest BCUT2D eigenvalue weighted by Gasteiger charge is -2.33. The smallest absolute Gasteiger partial charge is 0.416 e. The minimum atomic E-state index is -4.51. The fraction of sp³-hybridized carbons (Fsp3) is 0.450. The topological polar surface area (TPSA) is 73.7 Å². The van der Waals surface area contributed by atoms with Crippen LogP contribution in [0.2, 0.25) is 0 Å². The molecule has 1 saturated heterocycles. The number of likely N-dealkylation sites (tertiary alicyclic amines) is 1. The molecule has 0 spiro atoms. The fourth-order valence-electron chi connectivity index (χ4n) is 3.41. The zero-order valence-corrected chi connectivity index (χ0v) is 16.6. The summed E-state index contributed by atoms with van der Waals surface area (Å²) in [5.74, 6) is -0.914. The maximum atomic E-state index is 13.2. The standard InChI is InChI=1S/C20H22F3N3O4/c1-3-30-19(28)15-9-4-5-10-25(15)18(27)17-16(29-2)12-26(24-17)14-8-6-7-13(11-14)20(21,22)23/h6-8,11-12,15H,3-5,9-10H2,1-2H3. The van der Waals surface area contributed by atoms with Crippen molar-refractivity contribution in [2.45, 2.75) is 38.4 Å². The number of ether oxygens (including phenoxy) is 2. The number of hydrogen-bond acceptors (Lipinski definition) is 5. The summed E-state index contributed by atoms with van der Waals surface area (Å²) in [5, 5.41) is 4.17. The Morgan fingerprint density at radius 2 is 2.03 bits per heavy atom. The first-order chi connectivity index (χ1) is 14.3. The number of amides is 1. The van der Waals surface area contributed by atoms with Crippen molar-refractivity contribution in [1.82, 2.24) is 14.7 Å². The maximum absolute atomic E-state index is 13.2. The molecule has 1 aliphatic heterocycles. The number of piperidine rings is 1. The van der Waals surface area contributed by atoms with E-state index in [1.807, 2.05) is 0 Å². The monoisotopic (exact) mass is 425 g/mol. The molecule has 0 bridgehead atoms. The van der Waals surface area contributed by atoms with Gasteiger partial charge in [0.15, 0.2) is 11.4 Å². The predicted octanol–water partition coefficient (Wildman–Crippen LogP) is 3.46. The summed E-state index contributed by atoms with van der Waals surface area (Å²) in [7, 11) is 1.34. The molecule has 162 valence electrons. The Bertz CT molecular complexity index is 926. The van der Waals surface area contributed by atoms with Gasteiger partial charge in [0.05, 0.1) is 31.2 Å². The Morgan fingerprint density at radius 1 is 1.27 bits per heavy atom. The Kier molecular flexibility index (Phi) is 6.33. The second-order valence-corrected chi connectivity index (χ2v) is 6.80. The Hall–Kier alpha value is -3.04. The lowest BCUT2D eigenvalue weighted by atomic mass is 10.0. The highest BCUT2D eigenvalue weighted by atomic mass is 19.4. The highest BCUT2D eigenvalue weighted by molar-refractivity contribution is 5.97. The van der Waals surface area contributed by atoms with Gasteiger partial charge >= 0.3 is 12.1 Å². The number of esters is 1. The first-order valence-electron chi connectivity index (χ1n) is 9.55. The molecule has 3 rings (SSSR count). The Balaban J connectivity index is 1.94. The van der Waals surface area contributed by atoms with Crippen molar-refractivity contribution in [3.05, 3.63) is 41.7 Å². The van der Waals surface area contributed by atoms with Crippen molar-refractivity contribution >= 4 is 11.9 Å². The van der Waals surface area contributed by atoms with Crippen molar-refractivity contribution in [3.63, 3.8) is 0 Å². The molecule has 0 radical (unpaired) electrons. The van der Waals surface area contributed by atoms with Gasteiger partial charge in [0.1, 0.15) is 6.04 Å². The van der Waals surface area contributed by atoms with Gasteiger partial charge in [-0.05, 0) is 44.4 Å². The number of rotatable bonds is 5. The molecular formula is C20H22F3N3O4. The summed E-state index contributed by atoms with van der Waals surface area (Å²) in [5.41, 5.74) is -0.783. The number of methoxy groups -OCH3 is 1. The first-order valence-corrected chi connectivity index (χ1v) is 9.55. The summed E-state index contributed by atoms with van der Waals surface area (Å²) in [6.07, 6.45) is -1.19. The number of aromatic nitrogens is 2. The molecule has 1 fully saturated rings. The first kappa shape index (κ1) is 21.7. The van der Waals surface area contributed by atoms with E-state index in [1.165, 1.54) is 30.3 Å². The highest BCUT2D eigenvalue weighted by Gasteiger charge is 2.36. The second kappa shape index (κ2) is 8.76. The lowest BCUT2D eigenvalue weighted by Crippen LogP contribution is -2.48. The van der Waals surface area contributed by atoms with Crippen molar-refractivity contribution in [3.8, 4) is 11.4 Å². The average Bonchev–Trinajstić information content (AvgIpc) is 3.17. The fourth-order valence-corrected chi connectivity index (χ4v) is 3.41. The second-order valence-electron chi connectivity index (χ2n) is 6.80. The molecule has 1 unspecified atom stereocenters. The van der Waals surface area contributed by atoms with Crippen LogP contribution in [0.3, 0.4) is 0 Å². The number of benzene rings is 1. The van der Waals surface area contributed by atoms with Crippen molar-refractivity contribution < 1.29 is 32.2 Å². The molecule has 1 aromatic carbocycles. The van der Waals surface area contributed by atoms with E-state index in [2.05, 4.69) is 5.10 Å². The molecule has 1 amide bonds. The quantitative estimate of drug-likeness (QED) is 0.686. The molecule has 0 aliphatic carbocycles. The number of hydrogen-bond donors (Lipinski definition) is 0. The number of carbonyl (C=O) groups is 2. The molecule has 7 nitrogen and oxygen atoms in total.